The van der Waals surface area contributed by atoms with E-state index < -0.39 is 11.6 Å². The van der Waals surface area contributed by atoms with E-state index in [1.165, 1.54) is 13.3 Å². The van der Waals surface area contributed by atoms with E-state index in [-0.39, 0.29) is 17.8 Å². The Kier molecular flexibility index (Phi) is 8.13. The number of anilines is 4. The van der Waals surface area contributed by atoms with Crippen molar-refractivity contribution in [3.05, 3.63) is 66.5 Å². The summed E-state index contributed by atoms with van der Waals surface area (Å²) in [6.45, 7) is 6.96. The molecule has 178 valence electrons. The van der Waals surface area contributed by atoms with Crippen LogP contribution in [0.15, 0.2) is 60.9 Å². The summed E-state index contributed by atoms with van der Waals surface area (Å²) in [4.78, 5) is 36.8. The zero-order valence-electron chi connectivity index (χ0n) is 19.8. The molecule has 0 saturated carbocycles. The highest BCUT2D eigenvalue weighted by Gasteiger charge is 2.26. The van der Waals surface area contributed by atoms with Gasteiger partial charge in [-0.15, -0.1) is 0 Å². The molecule has 0 aliphatic carbocycles. The van der Waals surface area contributed by atoms with Crippen LogP contribution in [0.1, 0.15) is 39.7 Å². The molecule has 0 bridgehead atoms. The number of amides is 1. The maximum Gasteiger partial charge on any atom is 0.329 e. The summed E-state index contributed by atoms with van der Waals surface area (Å²) in [5, 5.41) is 8.91. The molecule has 0 radical (unpaired) electrons. The van der Waals surface area contributed by atoms with Crippen LogP contribution in [-0.2, 0) is 20.7 Å². The molecule has 1 amide bonds. The van der Waals surface area contributed by atoms with Gasteiger partial charge in [-0.3, -0.25) is 4.79 Å². The summed E-state index contributed by atoms with van der Waals surface area (Å²) in [6, 6.07) is 16.4. The minimum atomic E-state index is -0.633. The Balaban J connectivity index is 1.70. The second-order valence-corrected chi connectivity index (χ2v) is 8.77. The van der Waals surface area contributed by atoms with Crippen LogP contribution in [0.3, 0.4) is 0 Å². The standard InChI is InChI=1S/C25H30N6O3/c1-17(32)28-19-11-13-20(14-12-19)29-23-26-16-27-24(31-23)30-21(22(33)34-25(2,3)4)15-10-18-8-6-5-7-9-18/h5-9,11-14,16,21H,10,15H2,1-4H3,(H,28,32)(H2,26,27,29,30,31)/t21-/m0/s1. The van der Waals surface area contributed by atoms with E-state index in [0.717, 1.165) is 11.3 Å². The first-order chi connectivity index (χ1) is 16.2. The molecule has 0 saturated heterocycles. The van der Waals surface area contributed by atoms with Gasteiger partial charge < -0.3 is 20.7 Å². The maximum atomic E-state index is 12.9. The first kappa shape index (κ1) is 24.6. The lowest BCUT2D eigenvalue weighted by Gasteiger charge is -2.24. The topological polar surface area (TPSA) is 118 Å². The average Bonchev–Trinajstić information content (AvgIpc) is 2.77. The van der Waals surface area contributed by atoms with Crippen LogP contribution in [0, 0.1) is 0 Å². The van der Waals surface area contributed by atoms with Crippen LogP contribution in [0.4, 0.5) is 23.3 Å². The highest BCUT2D eigenvalue weighted by atomic mass is 16.6. The molecule has 34 heavy (non-hydrogen) atoms. The minimum absolute atomic E-state index is 0.138. The average molecular weight is 463 g/mol. The molecule has 9 nitrogen and oxygen atoms in total. The van der Waals surface area contributed by atoms with Crippen LogP contribution in [0.2, 0.25) is 0 Å². The summed E-state index contributed by atoms with van der Waals surface area (Å²) in [5.74, 6) is 0.0691. The quantitative estimate of drug-likeness (QED) is 0.402. The van der Waals surface area contributed by atoms with Crippen molar-refractivity contribution in [1.82, 2.24) is 15.0 Å². The molecule has 0 unspecified atom stereocenters. The maximum absolute atomic E-state index is 12.9. The Labute approximate surface area is 199 Å². The largest absolute Gasteiger partial charge is 0.458 e. The fourth-order valence-electron chi connectivity index (χ4n) is 3.13. The predicted octanol–water partition coefficient (Wildman–Crippen LogP) is 4.33. The molecule has 3 aromatic rings. The number of ether oxygens (including phenoxy) is 1. The van der Waals surface area contributed by atoms with Crippen molar-refractivity contribution in [3.63, 3.8) is 0 Å². The SMILES string of the molecule is CC(=O)Nc1ccc(Nc2ncnc(N[C@@H](CCc3ccccc3)C(=O)OC(C)(C)C)n2)cc1. The van der Waals surface area contributed by atoms with Crippen molar-refractivity contribution in [2.75, 3.05) is 16.0 Å². The molecule has 9 heteroatoms. The number of nitrogens with one attached hydrogen (secondary N) is 3. The third kappa shape index (κ3) is 8.16. The molecule has 3 N–H and O–H groups in total. The molecule has 1 aromatic heterocycles. The number of benzene rings is 2. The third-order valence-corrected chi connectivity index (χ3v) is 4.59. The Bertz CT molecular complexity index is 1100. The van der Waals surface area contributed by atoms with Gasteiger partial charge >= 0.3 is 5.97 Å². The number of aromatic nitrogens is 3. The van der Waals surface area contributed by atoms with Crippen molar-refractivity contribution in [3.8, 4) is 0 Å². The van der Waals surface area contributed by atoms with Gasteiger partial charge in [-0.1, -0.05) is 30.3 Å². The van der Waals surface area contributed by atoms with E-state index >= 15 is 0 Å². The lowest BCUT2D eigenvalue weighted by Crippen LogP contribution is -2.37. The minimum Gasteiger partial charge on any atom is -0.458 e. The Morgan fingerprint density at radius 1 is 0.941 bits per heavy atom. The predicted molar refractivity (Wildman–Crippen MR) is 132 cm³/mol. The summed E-state index contributed by atoms with van der Waals surface area (Å²) in [7, 11) is 0. The van der Waals surface area contributed by atoms with E-state index in [0.29, 0.717) is 24.5 Å². The van der Waals surface area contributed by atoms with Crippen LogP contribution < -0.4 is 16.0 Å². The molecule has 0 aliphatic heterocycles. The normalized spacial score (nSPS) is 11.9. The van der Waals surface area contributed by atoms with Gasteiger partial charge in [0.15, 0.2) is 0 Å². The van der Waals surface area contributed by atoms with Gasteiger partial charge in [0.1, 0.15) is 18.0 Å². The van der Waals surface area contributed by atoms with E-state index in [2.05, 4.69) is 30.9 Å². The van der Waals surface area contributed by atoms with Gasteiger partial charge in [-0.05, 0) is 63.4 Å². The van der Waals surface area contributed by atoms with Gasteiger partial charge in [0.2, 0.25) is 17.8 Å². The molecule has 0 aliphatic rings. The van der Waals surface area contributed by atoms with Gasteiger partial charge in [-0.25, -0.2) is 14.8 Å². The molecule has 1 heterocycles. The fraction of sp³-hybridized carbons (Fsp3) is 0.320. The van der Waals surface area contributed by atoms with Gasteiger partial charge in [0, 0.05) is 18.3 Å². The zero-order chi connectivity index (χ0) is 24.6. The number of hydrogen-bond donors (Lipinski definition) is 3. The van der Waals surface area contributed by atoms with Crippen LogP contribution in [0.25, 0.3) is 0 Å². The smallest absolute Gasteiger partial charge is 0.329 e. The van der Waals surface area contributed by atoms with Crippen molar-refractivity contribution in [1.29, 1.82) is 0 Å². The number of carbonyl (C=O) groups is 2. The molecule has 3 rings (SSSR count). The van der Waals surface area contributed by atoms with Gasteiger partial charge in [-0.2, -0.15) is 4.98 Å². The van der Waals surface area contributed by atoms with Gasteiger partial charge in [0.25, 0.3) is 0 Å². The van der Waals surface area contributed by atoms with Gasteiger partial charge in [0.05, 0.1) is 0 Å². The molecule has 2 aromatic carbocycles. The van der Waals surface area contributed by atoms with Crippen LogP contribution >= 0.6 is 0 Å². The fourth-order valence-corrected chi connectivity index (χ4v) is 3.13. The Hall–Kier alpha value is -4.01. The Morgan fingerprint density at radius 2 is 1.59 bits per heavy atom. The van der Waals surface area contributed by atoms with E-state index in [1.54, 1.807) is 24.3 Å². The zero-order valence-corrected chi connectivity index (χ0v) is 19.8. The van der Waals surface area contributed by atoms with Crippen molar-refractivity contribution >= 4 is 35.1 Å². The molecular weight excluding hydrogens is 432 g/mol. The first-order valence-electron chi connectivity index (χ1n) is 11.0. The number of rotatable bonds is 9. The van der Waals surface area contributed by atoms with Crippen LogP contribution in [-0.4, -0.2) is 38.5 Å². The lowest BCUT2D eigenvalue weighted by atomic mass is 10.0. The number of esters is 1. The second kappa shape index (κ2) is 11.2. The van der Waals surface area contributed by atoms with Crippen LogP contribution in [0.5, 0.6) is 0 Å². The number of carbonyl (C=O) groups excluding carboxylic acids is 2. The Morgan fingerprint density at radius 3 is 2.24 bits per heavy atom. The summed E-state index contributed by atoms with van der Waals surface area (Å²) in [6.07, 6.45) is 2.57. The van der Waals surface area contributed by atoms with Crippen molar-refractivity contribution in [2.45, 2.75) is 52.2 Å². The summed E-state index contributed by atoms with van der Waals surface area (Å²) in [5.41, 5.74) is 1.94. The summed E-state index contributed by atoms with van der Waals surface area (Å²) < 4.78 is 5.61. The third-order valence-electron chi connectivity index (χ3n) is 4.59. The lowest BCUT2D eigenvalue weighted by molar-refractivity contribution is -0.156. The highest BCUT2D eigenvalue weighted by molar-refractivity contribution is 5.88. The van der Waals surface area contributed by atoms with Crippen molar-refractivity contribution < 1.29 is 14.3 Å². The monoisotopic (exact) mass is 462 g/mol. The molecular formula is C25H30N6O3. The molecule has 0 fully saturated rings. The number of aryl methyl sites for hydroxylation is 1. The molecule has 0 spiro atoms. The highest BCUT2D eigenvalue weighted by Crippen LogP contribution is 2.18. The first-order valence-corrected chi connectivity index (χ1v) is 11.0. The van der Waals surface area contributed by atoms with E-state index in [9.17, 15) is 9.59 Å². The molecule has 1 atom stereocenters. The number of nitrogens with zero attached hydrogens (tertiary/aromatic N) is 3. The second-order valence-electron chi connectivity index (χ2n) is 8.77. The van der Waals surface area contributed by atoms with E-state index in [1.807, 2.05) is 51.1 Å². The van der Waals surface area contributed by atoms with E-state index in [4.69, 9.17) is 4.74 Å². The number of hydrogen-bond acceptors (Lipinski definition) is 8. The summed E-state index contributed by atoms with van der Waals surface area (Å²) >= 11 is 0. The van der Waals surface area contributed by atoms with Crippen molar-refractivity contribution in [2.24, 2.45) is 0 Å².